The van der Waals surface area contributed by atoms with Crippen molar-refractivity contribution in [3.63, 3.8) is 0 Å². The van der Waals surface area contributed by atoms with Gasteiger partial charge in [-0.05, 0) is 6.42 Å². The minimum absolute atomic E-state index is 0.0879. The number of ether oxygens (including phenoxy) is 1. The Morgan fingerprint density at radius 2 is 2.67 bits per heavy atom. The van der Waals surface area contributed by atoms with Gasteiger partial charge >= 0.3 is 0 Å². The molecule has 0 aromatic rings. The van der Waals surface area contributed by atoms with E-state index in [1.165, 1.54) is 0 Å². The van der Waals surface area contributed by atoms with Crippen LogP contribution in [0.3, 0.4) is 0 Å². The maximum Gasteiger partial charge on any atom is 0.163 e. The van der Waals surface area contributed by atoms with E-state index in [-0.39, 0.29) is 6.04 Å². The van der Waals surface area contributed by atoms with Crippen LogP contribution in [0.5, 0.6) is 0 Å². The Hall–Kier alpha value is -0.410. The average molecular weight is 129 g/mol. The summed E-state index contributed by atoms with van der Waals surface area (Å²) in [4.78, 5) is 10.6. The summed E-state index contributed by atoms with van der Waals surface area (Å²) in [6.45, 7) is 1.22. The van der Waals surface area contributed by atoms with Crippen LogP contribution in [0, 0.1) is 0 Å². The largest absolute Gasteiger partial charge is 0.385 e. The summed E-state index contributed by atoms with van der Waals surface area (Å²) in [6.07, 6.45) is 0.815. The van der Waals surface area contributed by atoms with Crippen molar-refractivity contribution in [2.75, 3.05) is 20.3 Å². The molecule has 3 heteroatoms. The molecule has 1 heterocycles. The van der Waals surface area contributed by atoms with Gasteiger partial charge in [0.2, 0.25) is 0 Å². The van der Waals surface area contributed by atoms with E-state index in [1.807, 2.05) is 0 Å². The van der Waals surface area contributed by atoms with E-state index in [0.29, 0.717) is 18.9 Å². The molecule has 1 unspecified atom stereocenters. The molecule has 1 atom stereocenters. The summed E-state index contributed by atoms with van der Waals surface area (Å²) >= 11 is 0. The van der Waals surface area contributed by atoms with Gasteiger partial charge in [0.15, 0.2) is 5.78 Å². The molecule has 0 aromatic heterocycles. The van der Waals surface area contributed by atoms with Gasteiger partial charge in [-0.3, -0.25) is 4.79 Å². The Morgan fingerprint density at radius 3 is 3.00 bits per heavy atom. The second kappa shape index (κ2) is 2.94. The summed E-state index contributed by atoms with van der Waals surface area (Å²) in [7, 11) is 1.64. The van der Waals surface area contributed by atoms with Crippen LogP contribution < -0.4 is 5.32 Å². The van der Waals surface area contributed by atoms with Gasteiger partial charge < -0.3 is 10.1 Å². The lowest BCUT2D eigenvalue weighted by molar-refractivity contribution is -0.126. The first kappa shape index (κ1) is 6.71. The van der Waals surface area contributed by atoms with Crippen LogP contribution in [0.2, 0.25) is 0 Å². The van der Waals surface area contributed by atoms with E-state index in [9.17, 15) is 4.79 Å². The Balaban J connectivity index is 2.06. The van der Waals surface area contributed by atoms with Gasteiger partial charge in [-0.2, -0.15) is 0 Å². The third kappa shape index (κ3) is 1.50. The quantitative estimate of drug-likeness (QED) is 0.561. The van der Waals surface area contributed by atoms with Gasteiger partial charge in [-0.25, -0.2) is 0 Å². The normalized spacial score (nSPS) is 25.9. The van der Waals surface area contributed by atoms with Crippen molar-refractivity contribution in [2.45, 2.75) is 12.5 Å². The van der Waals surface area contributed by atoms with Gasteiger partial charge in [-0.15, -0.1) is 0 Å². The predicted molar refractivity (Wildman–Crippen MR) is 33.3 cm³/mol. The highest BCUT2D eigenvalue weighted by atomic mass is 16.5. The zero-order chi connectivity index (χ0) is 6.69. The number of carbonyl (C=O) groups is 1. The van der Waals surface area contributed by atoms with Crippen LogP contribution in [-0.4, -0.2) is 32.1 Å². The summed E-state index contributed by atoms with van der Waals surface area (Å²) in [6, 6.07) is 0.0879. The molecule has 0 amide bonds. The topological polar surface area (TPSA) is 38.3 Å². The first-order valence-corrected chi connectivity index (χ1v) is 3.09. The van der Waals surface area contributed by atoms with E-state index in [2.05, 4.69) is 5.32 Å². The fourth-order valence-corrected chi connectivity index (χ4v) is 0.828. The molecule has 1 rings (SSSR count). The zero-order valence-electron chi connectivity index (χ0n) is 5.52. The molecule has 1 saturated heterocycles. The third-order valence-corrected chi connectivity index (χ3v) is 1.52. The third-order valence-electron chi connectivity index (χ3n) is 1.52. The van der Waals surface area contributed by atoms with Crippen molar-refractivity contribution < 1.29 is 9.53 Å². The van der Waals surface area contributed by atoms with E-state index >= 15 is 0 Å². The standard InChI is InChI=1S/C6H11NO2/c1-9-3-2-5-6(8)4-7-5/h5,7H,2-4H2,1H3. The number of nitrogens with one attached hydrogen (secondary N) is 1. The zero-order valence-corrected chi connectivity index (χ0v) is 5.52. The number of Topliss-reactive ketones (excluding diaryl/α,β-unsaturated/α-hetero) is 1. The van der Waals surface area contributed by atoms with Gasteiger partial charge in [0.25, 0.3) is 0 Å². The van der Waals surface area contributed by atoms with E-state index in [4.69, 9.17) is 4.74 Å². The Bertz CT molecular complexity index is 114. The monoisotopic (exact) mass is 129 g/mol. The van der Waals surface area contributed by atoms with E-state index in [0.717, 1.165) is 6.42 Å². The van der Waals surface area contributed by atoms with Crippen LogP contribution in [-0.2, 0) is 9.53 Å². The lowest BCUT2D eigenvalue weighted by Gasteiger charge is -2.25. The molecule has 0 aromatic carbocycles. The molecule has 1 aliphatic rings. The summed E-state index contributed by atoms with van der Waals surface area (Å²) < 4.78 is 4.80. The molecule has 9 heavy (non-hydrogen) atoms. The van der Waals surface area contributed by atoms with Crippen molar-refractivity contribution in [1.82, 2.24) is 5.32 Å². The second-order valence-corrected chi connectivity index (χ2v) is 2.18. The molecule has 1 fully saturated rings. The Morgan fingerprint density at radius 1 is 1.89 bits per heavy atom. The minimum atomic E-state index is 0.0879. The van der Waals surface area contributed by atoms with Crippen LogP contribution in [0.25, 0.3) is 0 Å². The second-order valence-electron chi connectivity index (χ2n) is 2.18. The van der Waals surface area contributed by atoms with Crippen LogP contribution in [0.4, 0.5) is 0 Å². The highest BCUT2D eigenvalue weighted by molar-refractivity contribution is 5.91. The molecule has 0 aliphatic carbocycles. The average Bonchev–Trinajstić information content (AvgIpc) is 1.86. The number of carbonyl (C=O) groups excluding carboxylic acids is 1. The minimum Gasteiger partial charge on any atom is -0.385 e. The summed E-state index contributed by atoms with van der Waals surface area (Å²) in [5.74, 6) is 0.312. The maximum absolute atomic E-state index is 10.6. The molecular weight excluding hydrogens is 118 g/mol. The number of rotatable bonds is 3. The van der Waals surface area contributed by atoms with Gasteiger partial charge in [0, 0.05) is 13.7 Å². The summed E-state index contributed by atoms with van der Waals surface area (Å²) in [5, 5.41) is 3.00. The lowest BCUT2D eigenvalue weighted by atomic mass is 10.0. The van der Waals surface area contributed by atoms with Gasteiger partial charge in [0.05, 0.1) is 12.6 Å². The fourth-order valence-electron chi connectivity index (χ4n) is 0.828. The van der Waals surface area contributed by atoms with Gasteiger partial charge in [0.1, 0.15) is 0 Å². The van der Waals surface area contributed by atoms with Gasteiger partial charge in [-0.1, -0.05) is 0 Å². The molecule has 0 bridgehead atoms. The SMILES string of the molecule is COCCC1NCC1=O. The molecule has 52 valence electrons. The fraction of sp³-hybridized carbons (Fsp3) is 0.833. The van der Waals surface area contributed by atoms with Crippen molar-refractivity contribution in [1.29, 1.82) is 0 Å². The summed E-state index contributed by atoms with van der Waals surface area (Å²) in [5.41, 5.74) is 0. The first-order chi connectivity index (χ1) is 4.34. The first-order valence-electron chi connectivity index (χ1n) is 3.09. The molecule has 0 spiro atoms. The lowest BCUT2D eigenvalue weighted by Crippen LogP contribution is -2.53. The smallest absolute Gasteiger partial charge is 0.163 e. The number of methoxy groups -OCH3 is 1. The number of hydrogen-bond donors (Lipinski definition) is 1. The molecule has 0 saturated carbocycles. The van der Waals surface area contributed by atoms with E-state index < -0.39 is 0 Å². The van der Waals surface area contributed by atoms with Crippen LogP contribution in [0.1, 0.15) is 6.42 Å². The molecule has 0 radical (unpaired) electrons. The van der Waals surface area contributed by atoms with Crippen molar-refractivity contribution >= 4 is 5.78 Å². The number of ketones is 1. The number of hydrogen-bond acceptors (Lipinski definition) is 3. The maximum atomic E-state index is 10.6. The van der Waals surface area contributed by atoms with E-state index in [1.54, 1.807) is 7.11 Å². The molecule has 1 N–H and O–H groups in total. The van der Waals surface area contributed by atoms with Crippen LogP contribution >= 0.6 is 0 Å². The molecule has 3 nitrogen and oxygen atoms in total. The highest BCUT2D eigenvalue weighted by Crippen LogP contribution is 2.01. The Kier molecular flexibility index (Phi) is 2.19. The van der Waals surface area contributed by atoms with Crippen LogP contribution in [0.15, 0.2) is 0 Å². The molecular formula is C6H11NO2. The van der Waals surface area contributed by atoms with Crippen molar-refractivity contribution in [3.8, 4) is 0 Å². The molecule has 1 aliphatic heterocycles. The van der Waals surface area contributed by atoms with Crippen molar-refractivity contribution in [2.24, 2.45) is 0 Å². The predicted octanol–water partition coefficient (Wildman–Crippen LogP) is -0.436. The Labute approximate surface area is 54.4 Å². The van der Waals surface area contributed by atoms with Crippen molar-refractivity contribution in [3.05, 3.63) is 0 Å². The highest BCUT2D eigenvalue weighted by Gasteiger charge is 2.25.